The highest BCUT2D eigenvalue weighted by Crippen LogP contribution is 2.43. The number of nitrogens with zero attached hydrogens (tertiary/aromatic N) is 3. The third-order valence-electron chi connectivity index (χ3n) is 7.73. The van der Waals surface area contributed by atoms with Crippen LogP contribution in [-0.4, -0.2) is 37.0 Å². The zero-order valence-corrected chi connectivity index (χ0v) is 24.8. The van der Waals surface area contributed by atoms with Crippen LogP contribution < -0.4 is 4.31 Å². The van der Waals surface area contributed by atoms with Gasteiger partial charge < -0.3 is 9.30 Å². The quantitative estimate of drug-likeness (QED) is 0.136. The first-order valence-corrected chi connectivity index (χ1v) is 15.7. The number of rotatable bonds is 10. The van der Waals surface area contributed by atoms with Gasteiger partial charge in [-0.2, -0.15) is 0 Å². The Morgan fingerprint density at radius 3 is 2.37 bits per heavy atom. The molecule has 5 aromatic rings. The van der Waals surface area contributed by atoms with Crippen molar-refractivity contribution in [3.05, 3.63) is 114 Å². The first kappa shape index (κ1) is 28.4. The van der Waals surface area contributed by atoms with Crippen LogP contribution >= 0.6 is 0 Å². The van der Waals surface area contributed by atoms with Gasteiger partial charge >= 0.3 is 5.97 Å². The van der Waals surface area contributed by atoms with E-state index in [1.165, 1.54) is 17.8 Å². The van der Waals surface area contributed by atoms with Crippen LogP contribution in [0.5, 0.6) is 0 Å². The molecule has 0 aliphatic heterocycles. The SMILES string of the molecule is CCOC(=O)c1cc(C)c2cc(C3CC3)n(Cc3ccc(-c4ccccc4N(C=O)S(=O)(=O)c4ccccc4)cc3)c2n1. The Morgan fingerprint density at radius 2 is 1.70 bits per heavy atom. The van der Waals surface area contributed by atoms with E-state index in [4.69, 9.17) is 9.72 Å². The molecule has 6 rings (SSSR count). The Labute approximate surface area is 250 Å². The lowest BCUT2D eigenvalue weighted by atomic mass is 10.0. The van der Waals surface area contributed by atoms with Gasteiger partial charge in [0.15, 0.2) is 5.69 Å². The van der Waals surface area contributed by atoms with Crippen molar-refractivity contribution >= 4 is 39.1 Å². The number of aromatic nitrogens is 2. The topological polar surface area (TPSA) is 98.6 Å². The second kappa shape index (κ2) is 11.5. The molecule has 1 saturated carbocycles. The van der Waals surface area contributed by atoms with Crippen LogP contribution in [-0.2, 0) is 26.1 Å². The Hall–Kier alpha value is -4.76. The largest absolute Gasteiger partial charge is 0.461 e. The number of ether oxygens (including phenoxy) is 1. The molecule has 1 aliphatic carbocycles. The molecule has 9 heteroatoms. The van der Waals surface area contributed by atoms with Gasteiger partial charge in [0.25, 0.3) is 10.0 Å². The first-order valence-electron chi connectivity index (χ1n) is 14.2. The number of anilines is 1. The summed E-state index contributed by atoms with van der Waals surface area (Å²) in [6.07, 6.45) is 2.58. The van der Waals surface area contributed by atoms with Crippen molar-refractivity contribution in [1.82, 2.24) is 9.55 Å². The standard InChI is InChI=1S/C34H31N3O5S/c1-3-42-34(39)30-19-23(2)29-20-32(26-17-18-26)36(33(29)35-30)21-24-13-15-25(16-14-24)28-11-7-8-12-31(28)37(22-38)43(40,41)27-9-5-4-6-10-27/h4-16,19-20,22,26H,3,17-18,21H2,1-2H3. The fraction of sp³-hybridized carbons (Fsp3) is 0.206. The molecule has 8 nitrogen and oxygen atoms in total. The summed E-state index contributed by atoms with van der Waals surface area (Å²) in [5, 5.41) is 1.02. The van der Waals surface area contributed by atoms with Gasteiger partial charge in [-0.05, 0) is 79.6 Å². The van der Waals surface area contributed by atoms with Gasteiger partial charge in [-0.15, -0.1) is 0 Å². The minimum Gasteiger partial charge on any atom is -0.461 e. The molecule has 0 atom stereocenters. The number of carbonyl (C=O) groups is 2. The van der Waals surface area contributed by atoms with Crippen molar-refractivity contribution in [2.45, 2.75) is 44.0 Å². The number of sulfonamides is 1. The summed E-state index contributed by atoms with van der Waals surface area (Å²) < 4.78 is 34.9. The maximum absolute atomic E-state index is 13.4. The number of pyridine rings is 1. The minimum atomic E-state index is -4.10. The van der Waals surface area contributed by atoms with E-state index in [0.717, 1.165) is 44.9 Å². The van der Waals surface area contributed by atoms with E-state index in [-0.39, 0.29) is 17.2 Å². The third kappa shape index (κ3) is 5.44. The number of amides is 1. The Balaban J connectivity index is 1.35. The molecule has 2 heterocycles. The minimum absolute atomic E-state index is 0.0348. The van der Waals surface area contributed by atoms with Gasteiger partial charge in [-0.3, -0.25) is 4.79 Å². The van der Waals surface area contributed by atoms with E-state index in [1.807, 2.05) is 37.3 Å². The van der Waals surface area contributed by atoms with E-state index < -0.39 is 16.0 Å². The second-order valence-corrected chi connectivity index (χ2v) is 12.5. The van der Waals surface area contributed by atoms with Crippen LogP contribution in [0, 0.1) is 6.92 Å². The summed E-state index contributed by atoms with van der Waals surface area (Å²) in [7, 11) is -4.10. The molecular formula is C34H31N3O5S. The molecule has 1 fully saturated rings. The van der Waals surface area contributed by atoms with Crippen LogP contribution in [0.1, 0.15) is 53.0 Å². The third-order valence-corrected chi connectivity index (χ3v) is 9.40. The summed E-state index contributed by atoms with van der Waals surface area (Å²) in [6, 6.07) is 26.7. The van der Waals surface area contributed by atoms with Crippen LogP contribution in [0.2, 0.25) is 0 Å². The monoisotopic (exact) mass is 593 g/mol. The number of fused-ring (bicyclic) bond motifs is 1. The van der Waals surface area contributed by atoms with E-state index in [0.29, 0.717) is 30.1 Å². The number of aryl methyl sites for hydroxylation is 1. The van der Waals surface area contributed by atoms with Crippen molar-refractivity contribution < 1.29 is 22.7 Å². The number of esters is 1. The second-order valence-electron chi connectivity index (χ2n) is 10.6. The highest BCUT2D eigenvalue weighted by atomic mass is 32.2. The van der Waals surface area contributed by atoms with E-state index >= 15 is 0 Å². The van der Waals surface area contributed by atoms with Crippen molar-refractivity contribution in [2.24, 2.45) is 0 Å². The van der Waals surface area contributed by atoms with Crippen molar-refractivity contribution in [1.29, 1.82) is 0 Å². The smallest absolute Gasteiger partial charge is 0.357 e. The normalized spacial score (nSPS) is 13.2. The summed E-state index contributed by atoms with van der Waals surface area (Å²) in [5.41, 5.74) is 5.91. The van der Waals surface area contributed by atoms with Crippen LogP contribution in [0.25, 0.3) is 22.2 Å². The Morgan fingerprint density at radius 1 is 1.00 bits per heavy atom. The van der Waals surface area contributed by atoms with Gasteiger partial charge in [0, 0.05) is 23.2 Å². The van der Waals surface area contributed by atoms with Gasteiger partial charge in [0.2, 0.25) is 6.41 Å². The molecule has 1 amide bonds. The number of para-hydroxylation sites is 1. The molecule has 3 aromatic carbocycles. The fourth-order valence-electron chi connectivity index (χ4n) is 5.42. The van der Waals surface area contributed by atoms with Crippen molar-refractivity contribution in [2.75, 3.05) is 10.9 Å². The number of hydrogen-bond donors (Lipinski definition) is 0. The molecule has 0 spiro atoms. The maximum Gasteiger partial charge on any atom is 0.357 e. The Kier molecular flexibility index (Phi) is 7.58. The molecule has 218 valence electrons. The van der Waals surface area contributed by atoms with Crippen LogP contribution in [0.15, 0.2) is 95.9 Å². The lowest BCUT2D eigenvalue weighted by Gasteiger charge is -2.21. The first-order chi connectivity index (χ1) is 20.8. The molecule has 0 saturated heterocycles. The highest BCUT2D eigenvalue weighted by Gasteiger charge is 2.30. The average Bonchev–Trinajstić information content (AvgIpc) is 3.80. The number of hydrogen-bond acceptors (Lipinski definition) is 6. The maximum atomic E-state index is 13.4. The number of carbonyl (C=O) groups excluding carboxylic acids is 2. The summed E-state index contributed by atoms with van der Waals surface area (Å²) in [4.78, 5) is 29.5. The van der Waals surface area contributed by atoms with Crippen molar-refractivity contribution in [3.63, 3.8) is 0 Å². The molecule has 0 N–H and O–H groups in total. The van der Waals surface area contributed by atoms with Crippen LogP contribution in [0.4, 0.5) is 5.69 Å². The fourth-order valence-corrected chi connectivity index (χ4v) is 6.68. The van der Waals surface area contributed by atoms with E-state index in [2.05, 4.69) is 10.6 Å². The zero-order valence-electron chi connectivity index (χ0n) is 23.9. The average molecular weight is 594 g/mol. The molecule has 43 heavy (non-hydrogen) atoms. The Bertz CT molecular complexity index is 1930. The molecule has 2 aromatic heterocycles. The lowest BCUT2D eigenvalue weighted by Crippen LogP contribution is -2.30. The van der Waals surface area contributed by atoms with E-state index in [9.17, 15) is 18.0 Å². The predicted octanol–water partition coefficient (Wildman–Crippen LogP) is 6.47. The lowest BCUT2D eigenvalue weighted by molar-refractivity contribution is -0.106. The zero-order chi connectivity index (χ0) is 30.1. The number of benzene rings is 3. The molecule has 0 bridgehead atoms. The highest BCUT2D eigenvalue weighted by molar-refractivity contribution is 7.93. The van der Waals surface area contributed by atoms with Gasteiger partial charge in [0.1, 0.15) is 5.65 Å². The van der Waals surface area contributed by atoms with E-state index in [1.54, 1.807) is 49.4 Å². The summed E-state index contributed by atoms with van der Waals surface area (Å²) in [5.74, 6) is 0.0292. The van der Waals surface area contributed by atoms with Gasteiger partial charge in [-0.25, -0.2) is 22.5 Å². The molecule has 0 unspecified atom stereocenters. The molecular weight excluding hydrogens is 562 g/mol. The summed E-state index contributed by atoms with van der Waals surface area (Å²) in [6.45, 7) is 4.60. The van der Waals surface area contributed by atoms with Gasteiger partial charge in [0.05, 0.1) is 17.2 Å². The molecule has 0 radical (unpaired) electrons. The van der Waals surface area contributed by atoms with Crippen LogP contribution in [0.3, 0.4) is 0 Å². The molecule has 1 aliphatic rings. The predicted molar refractivity (Wildman–Crippen MR) is 166 cm³/mol. The summed E-state index contributed by atoms with van der Waals surface area (Å²) >= 11 is 0. The van der Waals surface area contributed by atoms with Crippen molar-refractivity contribution in [3.8, 4) is 11.1 Å². The van der Waals surface area contributed by atoms with Gasteiger partial charge in [-0.1, -0.05) is 60.7 Å².